The number of nitrogens with zero attached hydrogens (tertiary/aromatic N) is 1. The minimum Gasteiger partial charge on any atom is -0.304 e. The molecule has 0 aromatic heterocycles. The number of carbonyl (C=O) groups excluding carboxylic acids is 1. The fourth-order valence-electron chi connectivity index (χ4n) is 2.35. The normalized spacial score (nSPS) is 22.4. The summed E-state index contributed by atoms with van der Waals surface area (Å²) in [5, 5.41) is 3.19. The Kier molecular flexibility index (Phi) is 4.17. The minimum atomic E-state index is -0.757. The maximum atomic E-state index is 13.3. The fraction of sp³-hybridized carbons (Fsp3) is 0.176. The van der Waals surface area contributed by atoms with E-state index in [9.17, 15) is 13.6 Å². The zero-order chi connectivity index (χ0) is 16.4. The van der Waals surface area contributed by atoms with Gasteiger partial charge in [-0.1, -0.05) is 23.9 Å². The molecule has 1 amide bonds. The first-order chi connectivity index (χ1) is 10.9. The van der Waals surface area contributed by atoms with Crippen LogP contribution < -0.4 is 5.32 Å². The number of aliphatic imine (C=N–C) groups is 1. The summed E-state index contributed by atoms with van der Waals surface area (Å²) < 4.78 is 25.4. The molecule has 2 aromatic rings. The molecule has 23 heavy (non-hydrogen) atoms. The number of hydrogen-bond acceptors (Lipinski definition) is 3. The van der Waals surface area contributed by atoms with Crippen molar-refractivity contribution in [3.8, 4) is 0 Å². The molecule has 1 heterocycles. The number of carbonyl (C=O) groups is 1. The molecule has 1 N–H and O–H groups in total. The Morgan fingerprint density at radius 1 is 1.13 bits per heavy atom. The molecule has 1 aliphatic rings. The van der Waals surface area contributed by atoms with E-state index in [4.69, 9.17) is 0 Å². The minimum absolute atomic E-state index is 0.173. The smallest absolute Gasteiger partial charge is 0.242 e. The van der Waals surface area contributed by atoms with E-state index >= 15 is 0 Å². The average molecular weight is 332 g/mol. The quantitative estimate of drug-likeness (QED) is 0.928. The number of hydrogen-bond donors (Lipinski definition) is 1. The molecule has 0 aliphatic carbocycles. The van der Waals surface area contributed by atoms with Crippen LogP contribution in [0, 0.1) is 11.6 Å². The van der Waals surface area contributed by atoms with Crippen molar-refractivity contribution in [2.45, 2.75) is 18.1 Å². The van der Waals surface area contributed by atoms with Crippen LogP contribution in [-0.4, -0.2) is 15.8 Å². The topological polar surface area (TPSA) is 41.5 Å². The summed E-state index contributed by atoms with van der Waals surface area (Å²) in [5.74, 6) is -0.838. The average Bonchev–Trinajstić information content (AvgIpc) is 2.75. The number of halogens is 2. The van der Waals surface area contributed by atoms with E-state index in [1.165, 1.54) is 48.2 Å². The van der Waals surface area contributed by atoms with Gasteiger partial charge in [0, 0.05) is 0 Å². The Morgan fingerprint density at radius 2 is 1.87 bits per heavy atom. The van der Waals surface area contributed by atoms with E-state index in [1.54, 1.807) is 19.1 Å². The molecular formula is C17H14F2N2OS. The van der Waals surface area contributed by atoms with Gasteiger partial charge in [0.05, 0.1) is 5.69 Å². The molecule has 1 saturated heterocycles. The molecule has 3 rings (SSSR count). The van der Waals surface area contributed by atoms with E-state index in [2.05, 4.69) is 10.3 Å². The van der Waals surface area contributed by atoms with Gasteiger partial charge in [0.25, 0.3) is 0 Å². The summed E-state index contributed by atoms with van der Waals surface area (Å²) in [4.78, 5) is 16.6. The summed E-state index contributed by atoms with van der Waals surface area (Å²) in [6.45, 7) is 1.80. The molecule has 1 atom stereocenters. The number of rotatable bonds is 3. The van der Waals surface area contributed by atoms with Gasteiger partial charge in [0.1, 0.15) is 16.4 Å². The van der Waals surface area contributed by atoms with Gasteiger partial charge >= 0.3 is 0 Å². The van der Waals surface area contributed by atoms with Gasteiger partial charge in [-0.2, -0.15) is 0 Å². The van der Waals surface area contributed by atoms with Crippen molar-refractivity contribution in [3.63, 3.8) is 0 Å². The Bertz CT molecular complexity index is 776. The van der Waals surface area contributed by atoms with Crippen molar-refractivity contribution >= 4 is 28.5 Å². The molecule has 3 nitrogen and oxygen atoms in total. The van der Waals surface area contributed by atoms with Crippen molar-refractivity contribution < 1.29 is 13.6 Å². The molecule has 6 heteroatoms. The van der Waals surface area contributed by atoms with Crippen LogP contribution in [0.4, 0.5) is 14.5 Å². The number of amides is 1. The molecule has 0 saturated carbocycles. The summed E-state index contributed by atoms with van der Waals surface area (Å²) in [6, 6.07) is 11.9. The Labute approximate surface area is 136 Å². The van der Waals surface area contributed by atoms with Crippen molar-refractivity contribution in [1.82, 2.24) is 5.32 Å². The monoisotopic (exact) mass is 332 g/mol. The van der Waals surface area contributed by atoms with Crippen LogP contribution in [-0.2, 0) is 11.2 Å². The van der Waals surface area contributed by atoms with Gasteiger partial charge in [-0.05, 0) is 55.3 Å². The van der Waals surface area contributed by atoms with Crippen LogP contribution in [0.5, 0.6) is 0 Å². The zero-order valence-electron chi connectivity index (χ0n) is 12.3. The van der Waals surface area contributed by atoms with Crippen LogP contribution in [0.3, 0.4) is 0 Å². The lowest BCUT2D eigenvalue weighted by molar-refractivity contribution is -0.121. The van der Waals surface area contributed by atoms with Gasteiger partial charge in [-0.25, -0.2) is 13.8 Å². The molecule has 0 spiro atoms. The van der Waals surface area contributed by atoms with Crippen LogP contribution in [0.1, 0.15) is 12.5 Å². The number of benzene rings is 2. The molecule has 1 fully saturated rings. The molecule has 1 unspecified atom stereocenters. The molecule has 0 radical (unpaired) electrons. The van der Waals surface area contributed by atoms with Crippen LogP contribution >= 0.6 is 11.8 Å². The fourth-order valence-corrected chi connectivity index (χ4v) is 3.46. The Balaban J connectivity index is 1.79. The highest BCUT2D eigenvalue weighted by atomic mass is 32.2. The molecule has 0 bridgehead atoms. The highest BCUT2D eigenvalue weighted by molar-refractivity contribution is 8.16. The van der Waals surface area contributed by atoms with Crippen LogP contribution in [0.15, 0.2) is 53.5 Å². The van der Waals surface area contributed by atoms with Gasteiger partial charge in [-0.15, -0.1) is 0 Å². The molecule has 2 aromatic carbocycles. The third-order valence-electron chi connectivity index (χ3n) is 3.51. The first-order valence-corrected chi connectivity index (χ1v) is 7.85. The van der Waals surface area contributed by atoms with E-state index in [0.29, 0.717) is 17.3 Å². The summed E-state index contributed by atoms with van der Waals surface area (Å²) in [5.41, 5.74) is 1.31. The van der Waals surface area contributed by atoms with E-state index in [1.807, 2.05) is 0 Å². The molecule has 118 valence electrons. The number of amidine groups is 1. The summed E-state index contributed by atoms with van der Waals surface area (Å²) in [7, 11) is 0. The molecular weight excluding hydrogens is 318 g/mol. The number of nitrogens with one attached hydrogen (secondary N) is 1. The summed E-state index contributed by atoms with van der Waals surface area (Å²) in [6.07, 6.45) is 0.393. The van der Waals surface area contributed by atoms with Gasteiger partial charge in [0.2, 0.25) is 5.91 Å². The Hall–Kier alpha value is -2.21. The van der Waals surface area contributed by atoms with Crippen molar-refractivity contribution in [2.24, 2.45) is 4.99 Å². The van der Waals surface area contributed by atoms with Gasteiger partial charge < -0.3 is 5.32 Å². The van der Waals surface area contributed by atoms with Crippen LogP contribution in [0.25, 0.3) is 0 Å². The highest BCUT2D eigenvalue weighted by Gasteiger charge is 2.42. The maximum absolute atomic E-state index is 13.3. The zero-order valence-corrected chi connectivity index (χ0v) is 13.2. The largest absolute Gasteiger partial charge is 0.304 e. The van der Waals surface area contributed by atoms with E-state index in [0.717, 1.165) is 5.56 Å². The first-order valence-electron chi connectivity index (χ1n) is 7.04. The summed E-state index contributed by atoms with van der Waals surface area (Å²) >= 11 is 1.29. The van der Waals surface area contributed by atoms with Crippen molar-refractivity contribution in [3.05, 3.63) is 65.7 Å². The Morgan fingerprint density at radius 3 is 2.57 bits per heavy atom. The predicted molar refractivity (Wildman–Crippen MR) is 87.7 cm³/mol. The predicted octanol–water partition coefficient (Wildman–Crippen LogP) is 3.82. The van der Waals surface area contributed by atoms with E-state index in [-0.39, 0.29) is 17.5 Å². The third-order valence-corrected chi connectivity index (χ3v) is 4.68. The highest BCUT2D eigenvalue weighted by Crippen LogP contribution is 2.36. The van der Waals surface area contributed by atoms with Crippen LogP contribution in [0.2, 0.25) is 0 Å². The lowest BCUT2D eigenvalue weighted by Crippen LogP contribution is -2.35. The van der Waals surface area contributed by atoms with Crippen molar-refractivity contribution in [2.75, 3.05) is 0 Å². The van der Waals surface area contributed by atoms with Crippen molar-refractivity contribution in [1.29, 1.82) is 0 Å². The second-order valence-electron chi connectivity index (χ2n) is 5.49. The first kappa shape index (κ1) is 15.7. The second-order valence-corrected chi connectivity index (χ2v) is 6.98. The van der Waals surface area contributed by atoms with E-state index < -0.39 is 4.75 Å². The number of thioether (sulfide) groups is 1. The SMILES string of the molecule is CC1(Cc2cccc(F)c2)SC(=Nc2ccc(F)cc2)NC1=O. The maximum Gasteiger partial charge on any atom is 0.242 e. The molecule has 1 aliphatic heterocycles. The standard InChI is InChI=1S/C17H14F2N2OS/c1-17(10-11-3-2-4-13(19)9-11)15(22)21-16(23-17)20-14-7-5-12(18)6-8-14/h2-9H,10H2,1H3,(H,20,21,22). The lowest BCUT2D eigenvalue weighted by atomic mass is 9.99. The second kappa shape index (κ2) is 6.12. The lowest BCUT2D eigenvalue weighted by Gasteiger charge is -2.18. The third kappa shape index (κ3) is 3.59. The van der Waals surface area contributed by atoms with Gasteiger partial charge in [-0.3, -0.25) is 4.79 Å². The van der Waals surface area contributed by atoms with Gasteiger partial charge in [0.15, 0.2) is 5.17 Å².